The molecule has 0 aromatic heterocycles. The van der Waals surface area contributed by atoms with Crippen LogP contribution in [-0.2, 0) is 16.9 Å². The molecule has 2 aromatic rings. The molecule has 0 fully saturated rings. The predicted molar refractivity (Wildman–Crippen MR) is 84.1 cm³/mol. The Hall–Kier alpha value is -2.23. The van der Waals surface area contributed by atoms with Crippen molar-refractivity contribution >= 4 is 5.78 Å². The zero-order valence-electron chi connectivity index (χ0n) is 12.1. The third kappa shape index (κ3) is 1.73. The van der Waals surface area contributed by atoms with Gasteiger partial charge in [-0.2, -0.15) is 0 Å². The number of aliphatic hydroxyl groups is 1. The first-order chi connectivity index (χ1) is 10.8. The molecule has 0 spiro atoms. The van der Waals surface area contributed by atoms with E-state index >= 15 is 0 Å². The van der Waals surface area contributed by atoms with E-state index in [1.54, 1.807) is 6.08 Å². The summed E-state index contributed by atoms with van der Waals surface area (Å²) in [6.45, 7) is 0.605. The number of hydrogen-bond acceptors (Lipinski definition) is 3. The first-order valence-corrected chi connectivity index (χ1v) is 7.50. The fourth-order valence-corrected chi connectivity index (χ4v) is 3.73. The number of benzene rings is 2. The summed E-state index contributed by atoms with van der Waals surface area (Å²) >= 11 is 0. The molecule has 0 unspecified atom stereocenters. The molecule has 2 atom stereocenters. The van der Waals surface area contributed by atoms with Gasteiger partial charge in [0.1, 0.15) is 0 Å². The second kappa shape index (κ2) is 4.90. The van der Waals surface area contributed by atoms with Crippen molar-refractivity contribution in [1.82, 2.24) is 4.90 Å². The molecule has 2 aliphatic heterocycles. The number of carbonyl (C=O) groups excluding carboxylic acids is 1. The largest absolute Gasteiger partial charge is 0.394 e. The Morgan fingerprint density at radius 2 is 1.77 bits per heavy atom. The van der Waals surface area contributed by atoms with E-state index in [1.807, 2.05) is 48.5 Å². The summed E-state index contributed by atoms with van der Waals surface area (Å²) in [6, 6.07) is 17.7. The molecule has 22 heavy (non-hydrogen) atoms. The molecule has 110 valence electrons. The van der Waals surface area contributed by atoms with Crippen molar-refractivity contribution in [1.29, 1.82) is 0 Å². The van der Waals surface area contributed by atoms with Crippen LogP contribution in [0.3, 0.4) is 0 Å². The molecule has 0 aliphatic carbocycles. The van der Waals surface area contributed by atoms with Crippen LogP contribution in [0.15, 0.2) is 66.7 Å². The highest BCUT2D eigenvalue weighted by molar-refractivity contribution is 5.98. The van der Waals surface area contributed by atoms with Gasteiger partial charge >= 0.3 is 0 Å². The number of fused-ring (bicyclic) bond motifs is 5. The Morgan fingerprint density at radius 3 is 2.55 bits per heavy atom. The summed E-state index contributed by atoms with van der Waals surface area (Å²) in [5.74, 6) is 0.0879. The van der Waals surface area contributed by atoms with Crippen molar-refractivity contribution in [3.05, 3.63) is 83.4 Å². The summed E-state index contributed by atoms with van der Waals surface area (Å²) in [6.07, 6.45) is 3.49. The molecule has 0 saturated carbocycles. The number of aliphatic hydroxyl groups excluding tert-OH is 1. The van der Waals surface area contributed by atoms with Crippen LogP contribution < -0.4 is 0 Å². The summed E-state index contributed by atoms with van der Waals surface area (Å²) in [5, 5.41) is 10.1. The first kappa shape index (κ1) is 13.4. The summed E-state index contributed by atoms with van der Waals surface area (Å²) in [4.78, 5) is 14.6. The van der Waals surface area contributed by atoms with E-state index in [1.165, 1.54) is 0 Å². The third-order valence-electron chi connectivity index (χ3n) is 4.78. The standard InChI is InChI=1S/C19H17NO2/c21-13-19-11-10-17(22)18(15-8-4-5-9-16(15)19)20(19)12-14-6-2-1-3-7-14/h1-11,18,21H,12-13H2/t18-,19+/m0/s1. The number of hydrogen-bond donors (Lipinski definition) is 1. The van der Waals surface area contributed by atoms with Crippen molar-refractivity contribution < 1.29 is 9.90 Å². The van der Waals surface area contributed by atoms with Crippen molar-refractivity contribution in [2.75, 3.05) is 6.61 Å². The van der Waals surface area contributed by atoms with Gasteiger partial charge in [-0.05, 0) is 22.8 Å². The minimum Gasteiger partial charge on any atom is -0.394 e. The molecule has 0 radical (unpaired) electrons. The average molecular weight is 291 g/mol. The highest BCUT2D eigenvalue weighted by Gasteiger charge is 2.52. The van der Waals surface area contributed by atoms with Crippen LogP contribution in [0, 0.1) is 0 Å². The molecular formula is C19H17NO2. The van der Waals surface area contributed by atoms with E-state index in [9.17, 15) is 9.90 Å². The monoisotopic (exact) mass is 291 g/mol. The number of rotatable bonds is 3. The lowest BCUT2D eigenvalue weighted by Crippen LogP contribution is -2.47. The minimum absolute atomic E-state index is 0.0306. The fourth-order valence-electron chi connectivity index (χ4n) is 3.73. The molecule has 4 rings (SSSR count). The van der Waals surface area contributed by atoms with Crippen LogP contribution in [0.2, 0.25) is 0 Å². The lowest BCUT2D eigenvalue weighted by atomic mass is 9.89. The quantitative estimate of drug-likeness (QED) is 0.945. The zero-order chi connectivity index (χ0) is 15.2. The Balaban J connectivity index is 1.86. The average Bonchev–Trinajstić information content (AvgIpc) is 2.76. The van der Waals surface area contributed by atoms with Gasteiger partial charge in [-0.1, -0.05) is 60.7 Å². The lowest BCUT2D eigenvalue weighted by molar-refractivity contribution is -0.123. The smallest absolute Gasteiger partial charge is 0.177 e. The van der Waals surface area contributed by atoms with Gasteiger partial charge in [0, 0.05) is 6.54 Å². The maximum atomic E-state index is 12.5. The van der Waals surface area contributed by atoms with Crippen LogP contribution in [0.4, 0.5) is 0 Å². The molecule has 2 aliphatic rings. The van der Waals surface area contributed by atoms with Crippen LogP contribution >= 0.6 is 0 Å². The molecule has 2 aromatic carbocycles. The topological polar surface area (TPSA) is 40.5 Å². The fraction of sp³-hybridized carbons (Fsp3) is 0.211. The number of carbonyl (C=O) groups is 1. The van der Waals surface area contributed by atoms with Crippen molar-refractivity contribution in [2.24, 2.45) is 0 Å². The number of ketones is 1. The van der Waals surface area contributed by atoms with Crippen LogP contribution in [0.1, 0.15) is 22.7 Å². The van der Waals surface area contributed by atoms with Gasteiger partial charge in [0.2, 0.25) is 0 Å². The molecule has 2 heterocycles. The van der Waals surface area contributed by atoms with Gasteiger partial charge in [0.25, 0.3) is 0 Å². The SMILES string of the molecule is O=C1C=C[C@@]2(CO)c3ccccc3[C@@H]1N2Cc1ccccc1. The van der Waals surface area contributed by atoms with E-state index in [0.717, 1.165) is 16.7 Å². The van der Waals surface area contributed by atoms with Crippen molar-refractivity contribution in [3.8, 4) is 0 Å². The van der Waals surface area contributed by atoms with Crippen LogP contribution in [0.25, 0.3) is 0 Å². The maximum absolute atomic E-state index is 12.5. The second-order valence-electron chi connectivity index (χ2n) is 5.92. The molecule has 0 saturated heterocycles. The van der Waals surface area contributed by atoms with Gasteiger partial charge in [-0.25, -0.2) is 0 Å². The van der Waals surface area contributed by atoms with Gasteiger partial charge in [0.05, 0.1) is 18.2 Å². The highest BCUT2D eigenvalue weighted by atomic mass is 16.3. The summed E-state index contributed by atoms with van der Waals surface area (Å²) < 4.78 is 0. The number of nitrogens with zero attached hydrogens (tertiary/aromatic N) is 1. The Labute approximate surface area is 129 Å². The van der Waals surface area contributed by atoms with E-state index < -0.39 is 5.54 Å². The van der Waals surface area contributed by atoms with E-state index in [0.29, 0.717) is 6.54 Å². The van der Waals surface area contributed by atoms with Gasteiger partial charge in [-0.3, -0.25) is 9.69 Å². The first-order valence-electron chi connectivity index (χ1n) is 7.50. The predicted octanol–water partition coefficient (Wildman–Crippen LogP) is 2.57. The molecule has 2 bridgehead atoms. The van der Waals surface area contributed by atoms with Gasteiger partial charge in [-0.15, -0.1) is 0 Å². The molecule has 3 heteroatoms. The Bertz CT molecular complexity index is 753. The van der Waals surface area contributed by atoms with Crippen LogP contribution in [0.5, 0.6) is 0 Å². The van der Waals surface area contributed by atoms with E-state index in [2.05, 4.69) is 17.0 Å². The highest BCUT2D eigenvalue weighted by Crippen LogP contribution is 2.50. The lowest BCUT2D eigenvalue weighted by Gasteiger charge is -2.40. The second-order valence-corrected chi connectivity index (χ2v) is 5.92. The Kier molecular flexibility index (Phi) is 2.99. The van der Waals surface area contributed by atoms with Crippen molar-refractivity contribution in [3.63, 3.8) is 0 Å². The maximum Gasteiger partial charge on any atom is 0.177 e. The third-order valence-corrected chi connectivity index (χ3v) is 4.78. The normalized spacial score (nSPS) is 26.2. The summed E-state index contributed by atoms with van der Waals surface area (Å²) in [7, 11) is 0. The van der Waals surface area contributed by atoms with Gasteiger partial charge in [0.15, 0.2) is 5.78 Å². The zero-order valence-corrected chi connectivity index (χ0v) is 12.1. The molecular weight excluding hydrogens is 274 g/mol. The van der Waals surface area contributed by atoms with Crippen molar-refractivity contribution in [2.45, 2.75) is 18.1 Å². The molecule has 0 amide bonds. The van der Waals surface area contributed by atoms with E-state index in [-0.39, 0.29) is 18.4 Å². The van der Waals surface area contributed by atoms with E-state index in [4.69, 9.17) is 0 Å². The molecule has 1 N–H and O–H groups in total. The Morgan fingerprint density at radius 1 is 1.05 bits per heavy atom. The summed E-state index contributed by atoms with van der Waals surface area (Å²) in [5.41, 5.74) is 2.61. The minimum atomic E-state index is -0.592. The molecule has 3 nitrogen and oxygen atoms in total. The van der Waals surface area contributed by atoms with Gasteiger partial charge < -0.3 is 5.11 Å². The van der Waals surface area contributed by atoms with Crippen LogP contribution in [-0.4, -0.2) is 22.4 Å².